The Morgan fingerprint density at radius 3 is 2.49 bits per heavy atom. The lowest BCUT2D eigenvalue weighted by atomic mass is 9.90. The summed E-state index contributed by atoms with van der Waals surface area (Å²) in [6.07, 6.45) is 12.8. The largest absolute Gasteiger partial charge is 0.393 e. The van der Waals surface area contributed by atoms with Gasteiger partial charge in [-0.05, 0) is 89.3 Å². The van der Waals surface area contributed by atoms with Crippen LogP contribution in [0.3, 0.4) is 0 Å². The van der Waals surface area contributed by atoms with Crippen LogP contribution in [0.5, 0.6) is 0 Å². The van der Waals surface area contributed by atoms with Crippen molar-refractivity contribution < 1.29 is 13.5 Å². The van der Waals surface area contributed by atoms with Crippen molar-refractivity contribution in [1.82, 2.24) is 24.2 Å². The van der Waals surface area contributed by atoms with E-state index < -0.39 is 10.0 Å². The van der Waals surface area contributed by atoms with Crippen molar-refractivity contribution in [3.8, 4) is 0 Å². The fourth-order valence-corrected chi connectivity index (χ4v) is 8.49. The summed E-state index contributed by atoms with van der Waals surface area (Å²) < 4.78 is 30.6. The molecule has 5 rings (SSSR count). The molecule has 3 N–H and O–H groups in total. The Labute approximate surface area is 221 Å². The van der Waals surface area contributed by atoms with E-state index in [4.69, 9.17) is 4.98 Å². The Balaban J connectivity index is 1.38. The van der Waals surface area contributed by atoms with Crippen LogP contribution in [0.15, 0.2) is 12.4 Å². The zero-order chi connectivity index (χ0) is 26.0. The van der Waals surface area contributed by atoms with Gasteiger partial charge in [-0.1, -0.05) is 13.3 Å². The van der Waals surface area contributed by atoms with Crippen molar-refractivity contribution in [1.29, 1.82) is 0 Å². The van der Waals surface area contributed by atoms with E-state index in [1.807, 2.05) is 6.20 Å². The molecule has 10 heteroatoms. The molecule has 37 heavy (non-hydrogen) atoms. The summed E-state index contributed by atoms with van der Waals surface area (Å²) in [5.74, 6) is 0.955. The maximum atomic E-state index is 13.3. The van der Waals surface area contributed by atoms with Crippen LogP contribution in [-0.2, 0) is 10.0 Å². The van der Waals surface area contributed by atoms with Gasteiger partial charge in [-0.15, -0.1) is 0 Å². The highest BCUT2D eigenvalue weighted by Crippen LogP contribution is 2.39. The highest BCUT2D eigenvalue weighted by Gasteiger charge is 2.36. The van der Waals surface area contributed by atoms with Gasteiger partial charge in [0, 0.05) is 43.0 Å². The summed E-state index contributed by atoms with van der Waals surface area (Å²) in [5, 5.41) is 17.6. The molecule has 1 saturated carbocycles. The maximum Gasteiger partial charge on any atom is 0.224 e. The predicted octanol–water partition coefficient (Wildman–Crippen LogP) is 3.77. The second-order valence-electron chi connectivity index (χ2n) is 11.4. The first-order valence-corrected chi connectivity index (χ1v) is 15.9. The normalized spacial score (nSPS) is 25.9. The molecule has 0 radical (unpaired) electrons. The molecule has 206 valence electrons. The SMILES string of the molecule is CCCC(C)Nc1ncc2c(C3CCN(S(=O)(=O)C4CCNCC4)CC3)cn(C3CCC(O)CC3)c2n1. The molecule has 2 aromatic rings. The summed E-state index contributed by atoms with van der Waals surface area (Å²) in [5.41, 5.74) is 2.20. The van der Waals surface area contributed by atoms with Gasteiger partial charge in [-0.25, -0.2) is 17.7 Å². The number of nitrogens with one attached hydrogen (secondary N) is 2. The molecule has 2 aromatic heterocycles. The molecule has 0 bridgehead atoms. The first kappa shape index (κ1) is 26.8. The Bertz CT molecular complexity index is 1150. The van der Waals surface area contributed by atoms with E-state index in [1.165, 1.54) is 5.56 Å². The zero-order valence-corrected chi connectivity index (χ0v) is 23.2. The molecule has 2 aliphatic heterocycles. The van der Waals surface area contributed by atoms with Crippen molar-refractivity contribution in [2.45, 2.75) is 107 Å². The molecule has 0 spiro atoms. The number of nitrogens with zero attached hydrogens (tertiary/aromatic N) is 4. The molecule has 3 fully saturated rings. The average Bonchev–Trinajstić information content (AvgIpc) is 3.28. The number of fused-ring (bicyclic) bond motifs is 1. The third-order valence-corrected chi connectivity index (χ3v) is 11.1. The number of rotatable bonds is 8. The van der Waals surface area contributed by atoms with Crippen molar-refractivity contribution in [3.05, 3.63) is 18.0 Å². The van der Waals surface area contributed by atoms with E-state index in [9.17, 15) is 13.5 Å². The molecule has 1 aliphatic carbocycles. The van der Waals surface area contributed by atoms with E-state index in [1.54, 1.807) is 4.31 Å². The second-order valence-corrected chi connectivity index (χ2v) is 13.6. The van der Waals surface area contributed by atoms with Crippen LogP contribution in [-0.4, -0.2) is 75.9 Å². The van der Waals surface area contributed by atoms with Gasteiger partial charge in [-0.3, -0.25) is 0 Å². The van der Waals surface area contributed by atoms with Crippen LogP contribution >= 0.6 is 0 Å². The molecule has 0 aromatic carbocycles. The predicted molar refractivity (Wildman–Crippen MR) is 147 cm³/mol. The Hall–Kier alpha value is -1.75. The Morgan fingerprint density at radius 1 is 1.11 bits per heavy atom. The quantitative estimate of drug-likeness (QED) is 0.474. The fourth-order valence-electron chi connectivity index (χ4n) is 6.51. The number of aliphatic hydroxyl groups excluding tert-OH is 1. The molecule has 2 saturated heterocycles. The zero-order valence-electron chi connectivity index (χ0n) is 22.4. The smallest absolute Gasteiger partial charge is 0.224 e. The number of hydrogen-bond donors (Lipinski definition) is 3. The topological polar surface area (TPSA) is 112 Å². The highest BCUT2D eigenvalue weighted by atomic mass is 32.2. The lowest BCUT2D eigenvalue weighted by molar-refractivity contribution is 0.111. The number of anilines is 1. The van der Waals surface area contributed by atoms with Crippen LogP contribution in [0.25, 0.3) is 11.0 Å². The van der Waals surface area contributed by atoms with Crippen molar-refractivity contribution >= 4 is 27.0 Å². The number of hydrogen-bond acceptors (Lipinski definition) is 7. The Kier molecular flexibility index (Phi) is 8.38. The summed E-state index contributed by atoms with van der Waals surface area (Å²) in [7, 11) is -3.24. The van der Waals surface area contributed by atoms with E-state index in [-0.39, 0.29) is 11.4 Å². The molecule has 1 unspecified atom stereocenters. The van der Waals surface area contributed by atoms with E-state index >= 15 is 0 Å². The van der Waals surface area contributed by atoms with E-state index in [2.05, 4.69) is 40.2 Å². The number of aromatic nitrogens is 3. The van der Waals surface area contributed by atoms with Gasteiger partial charge >= 0.3 is 0 Å². The summed E-state index contributed by atoms with van der Waals surface area (Å²) in [4.78, 5) is 9.67. The number of aliphatic hydroxyl groups is 1. The lowest BCUT2D eigenvalue weighted by Gasteiger charge is -2.35. The van der Waals surface area contributed by atoms with Gasteiger partial charge in [0.1, 0.15) is 5.65 Å². The van der Waals surface area contributed by atoms with Crippen molar-refractivity contribution in [2.75, 3.05) is 31.5 Å². The second kappa shape index (κ2) is 11.6. The fraction of sp³-hybridized carbons (Fsp3) is 0.778. The van der Waals surface area contributed by atoms with Crippen LogP contribution in [0.4, 0.5) is 5.95 Å². The molecule has 0 amide bonds. The van der Waals surface area contributed by atoms with Gasteiger partial charge in [0.2, 0.25) is 16.0 Å². The summed E-state index contributed by atoms with van der Waals surface area (Å²) >= 11 is 0. The third-order valence-electron chi connectivity index (χ3n) is 8.72. The van der Waals surface area contributed by atoms with Crippen LogP contribution in [0.2, 0.25) is 0 Å². The molecule has 1 atom stereocenters. The van der Waals surface area contributed by atoms with Gasteiger partial charge in [-0.2, -0.15) is 4.98 Å². The Morgan fingerprint density at radius 2 is 1.81 bits per heavy atom. The highest BCUT2D eigenvalue weighted by molar-refractivity contribution is 7.89. The number of piperidine rings is 2. The van der Waals surface area contributed by atoms with Crippen LogP contribution in [0.1, 0.15) is 95.6 Å². The van der Waals surface area contributed by atoms with Gasteiger partial charge < -0.3 is 20.3 Å². The minimum absolute atomic E-state index is 0.203. The molecule has 9 nitrogen and oxygen atoms in total. The first-order valence-electron chi connectivity index (χ1n) is 14.4. The molecular formula is C27H44N6O3S. The average molecular weight is 533 g/mol. The minimum Gasteiger partial charge on any atom is -0.393 e. The van der Waals surface area contributed by atoms with Gasteiger partial charge in [0.15, 0.2) is 0 Å². The van der Waals surface area contributed by atoms with Gasteiger partial charge in [0.05, 0.1) is 11.4 Å². The number of sulfonamides is 1. The minimum atomic E-state index is -3.24. The van der Waals surface area contributed by atoms with E-state index in [0.717, 1.165) is 75.5 Å². The van der Waals surface area contributed by atoms with Crippen molar-refractivity contribution in [2.24, 2.45) is 0 Å². The monoisotopic (exact) mass is 532 g/mol. The van der Waals surface area contributed by atoms with Crippen LogP contribution < -0.4 is 10.6 Å². The molecular weight excluding hydrogens is 488 g/mol. The standard InChI is InChI=1S/C27H44N6O3S/c1-3-4-19(2)30-27-29-17-24-25(18-33(26(24)31-27)21-5-7-22(34)8-6-21)20-11-15-32(16-12-20)37(35,36)23-9-13-28-14-10-23/h17-23,28,34H,3-16H2,1-2H3,(H,29,30,31). The molecule has 4 heterocycles. The maximum absolute atomic E-state index is 13.3. The third kappa shape index (κ3) is 5.82. The summed E-state index contributed by atoms with van der Waals surface area (Å²) in [6.45, 7) is 7.07. The van der Waals surface area contributed by atoms with E-state index in [0.29, 0.717) is 49.9 Å². The summed E-state index contributed by atoms with van der Waals surface area (Å²) in [6, 6.07) is 0.622. The van der Waals surface area contributed by atoms with Crippen LogP contribution in [0, 0.1) is 0 Å². The van der Waals surface area contributed by atoms with Gasteiger partial charge in [0.25, 0.3) is 0 Å². The lowest BCUT2D eigenvalue weighted by Crippen LogP contribution is -2.46. The first-order chi connectivity index (χ1) is 17.9. The molecule has 3 aliphatic rings. The van der Waals surface area contributed by atoms with Crippen molar-refractivity contribution in [3.63, 3.8) is 0 Å².